The van der Waals surface area contributed by atoms with Gasteiger partial charge in [0.05, 0.1) is 5.69 Å². The van der Waals surface area contributed by atoms with E-state index >= 15 is 0 Å². The van der Waals surface area contributed by atoms with Crippen LogP contribution in [0.5, 0.6) is 0 Å². The fraction of sp³-hybridized carbons (Fsp3) is 0.375. The van der Waals surface area contributed by atoms with Crippen molar-refractivity contribution in [2.24, 2.45) is 5.73 Å². The third-order valence-electron chi connectivity index (χ3n) is 1.63. The van der Waals surface area contributed by atoms with Gasteiger partial charge in [-0.3, -0.25) is 4.79 Å². The van der Waals surface area contributed by atoms with Crippen LogP contribution in [0.25, 0.3) is 0 Å². The summed E-state index contributed by atoms with van der Waals surface area (Å²) in [4.78, 5) is 10.6. The lowest BCUT2D eigenvalue weighted by molar-refractivity contribution is -0.118. The van der Waals surface area contributed by atoms with Gasteiger partial charge < -0.3 is 11.1 Å². The van der Waals surface area contributed by atoms with E-state index in [1.165, 1.54) is 6.07 Å². The van der Waals surface area contributed by atoms with Gasteiger partial charge >= 0.3 is 0 Å². The van der Waals surface area contributed by atoms with E-state index in [-0.39, 0.29) is 28.7 Å². The number of halogens is 2. The van der Waals surface area contributed by atoms with Crippen LogP contribution in [-0.2, 0) is 4.79 Å². The summed E-state index contributed by atoms with van der Waals surface area (Å²) in [7, 11) is 0. The second-order valence-corrected chi connectivity index (χ2v) is 3.83. The second-order valence-electron chi connectivity index (χ2n) is 3.09. The standard InChI is InChI=1S/C8H10Cl2N4O/c1-4(2-7(11)15)12-5-3-6(9)13-14-8(5)10/h3-4H,2H2,1H3,(H2,11,15)(H,12,13). The van der Waals surface area contributed by atoms with Crippen molar-refractivity contribution in [2.45, 2.75) is 19.4 Å². The number of carbonyl (C=O) groups is 1. The maximum Gasteiger partial charge on any atom is 0.219 e. The number of nitrogens with one attached hydrogen (secondary N) is 1. The predicted octanol–water partition coefficient (Wildman–Crippen LogP) is 1.46. The van der Waals surface area contributed by atoms with Gasteiger partial charge in [0.1, 0.15) is 0 Å². The molecule has 1 aromatic heterocycles. The van der Waals surface area contributed by atoms with Gasteiger partial charge in [-0.25, -0.2) is 0 Å². The summed E-state index contributed by atoms with van der Waals surface area (Å²) in [5.74, 6) is -0.390. The lowest BCUT2D eigenvalue weighted by Gasteiger charge is -2.13. The molecule has 0 fully saturated rings. The van der Waals surface area contributed by atoms with Gasteiger partial charge in [-0.05, 0) is 6.92 Å². The molecule has 0 aliphatic carbocycles. The Balaban J connectivity index is 2.71. The predicted molar refractivity (Wildman–Crippen MR) is 58.9 cm³/mol. The van der Waals surface area contributed by atoms with E-state index < -0.39 is 0 Å². The minimum absolute atomic E-state index is 0.139. The zero-order valence-corrected chi connectivity index (χ0v) is 9.51. The molecular weight excluding hydrogens is 239 g/mol. The fourth-order valence-electron chi connectivity index (χ4n) is 1.07. The first-order chi connectivity index (χ1) is 6.99. The molecule has 82 valence electrons. The van der Waals surface area contributed by atoms with Gasteiger partial charge in [-0.2, -0.15) is 0 Å². The number of amides is 1. The zero-order valence-electron chi connectivity index (χ0n) is 8.00. The Morgan fingerprint density at radius 2 is 2.27 bits per heavy atom. The van der Waals surface area contributed by atoms with Crippen molar-refractivity contribution < 1.29 is 4.79 Å². The first-order valence-electron chi connectivity index (χ1n) is 4.22. The second kappa shape index (κ2) is 5.14. The van der Waals surface area contributed by atoms with Crippen molar-refractivity contribution in [1.82, 2.24) is 10.2 Å². The Bertz CT molecular complexity index is 372. The van der Waals surface area contributed by atoms with Gasteiger partial charge in [-0.15, -0.1) is 10.2 Å². The Labute approximate surface area is 97.0 Å². The van der Waals surface area contributed by atoms with Crippen molar-refractivity contribution in [3.8, 4) is 0 Å². The summed E-state index contributed by atoms with van der Waals surface area (Å²) in [6, 6.07) is 1.40. The summed E-state index contributed by atoms with van der Waals surface area (Å²) < 4.78 is 0. The summed E-state index contributed by atoms with van der Waals surface area (Å²) in [5.41, 5.74) is 5.58. The van der Waals surface area contributed by atoms with Crippen molar-refractivity contribution in [3.63, 3.8) is 0 Å². The zero-order chi connectivity index (χ0) is 11.4. The maximum absolute atomic E-state index is 10.6. The highest BCUT2D eigenvalue weighted by molar-refractivity contribution is 6.33. The number of nitrogens with zero attached hydrogens (tertiary/aromatic N) is 2. The van der Waals surface area contributed by atoms with Gasteiger partial charge in [0.15, 0.2) is 10.3 Å². The number of hydrogen-bond donors (Lipinski definition) is 2. The van der Waals surface area contributed by atoms with Crippen molar-refractivity contribution in [2.75, 3.05) is 5.32 Å². The third kappa shape index (κ3) is 3.89. The molecule has 7 heteroatoms. The molecule has 0 saturated heterocycles. The Morgan fingerprint density at radius 1 is 1.60 bits per heavy atom. The van der Waals surface area contributed by atoms with E-state index in [4.69, 9.17) is 28.9 Å². The third-order valence-corrected chi connectivity index (χ3v) is 2.09. The van der Waals surface area contributed by atoms with Crippen LogP contribution in [0.4, 0.5) is 5.69 Å². The van der Waals surface area contributed by atoms with E-state index in [9.17, 15) is 4.79 Å². The molecule has 1 unspecified atom stereocenters. The molecule has 0 aliphatic heterocycles. The quantitative estimate of drug-likeness (QED) is 0.846. The number of hydrogen-bond acceptors (Lipinski definition) is 4. The molecule has 1 aromatic rings. The topological polar surface area (TPSA) is 80.9 Å². The van der Waals surface area contributed by atoms with Crippen LogP contribution < -0.4 is 11.1 Å². The lowest BCUT2D eigenvalue weighted by Crippen LogP contribution is -2.24. The van der Waals surface area contributed by atoms with E-state index in [2.05, 4.69) is 15.5 Å². The van der Waals surface area contributed by atoms with Gasteiger partial charge in [0.25, 0.3) is 0 Å². The van der Waals surface area contributed by atoms with Crippen molar-refractivity contribution >= 4 is 34.8 Å². The van der Waals surface area contributed by atoms with Crippen LogP contribution in [-0.4, -0.2) is 22.1 Å². The van der Waals surface area contributed by atoms with Crippen molar-refractivity contribution in [3.05, 3.63) is 16.4 Å². The van der Waals surface area contributed by atoms with Crippen molar-refractivity contribution in [1.29, 1.82) is 0 Å². The van der Waals surface area contributed by atoms with Crippen LogP contribution in [0, 0.1) is 0 Å². The van der Waals surface area contributed by atoms with E-state index in [0.29, 0.717) is 5.69 Å². The SMILES string of the molecule is CC(CC(N)=O)Nc1cc(Cl)nnc1Cl. The molecule has 0 aromatic carbocycles. The average Bonchev–Trinajstić information content (AvgIpc) is 2.10. The molecule has 15 heavy (non-hydrogen) atoms. The first kappa shape index (κ1) is 12.0. The number of anilines is 1. The number of primary amides is 1. The van der Waals surface area contributed by atoms with Crippen LogP contribution in [0.2, 0.25) is 10.3 Å². The van der Waals surface area contributed by atoms with Crippen LogP contribution >= 0.6 is 23.2 Å². The Morgan fingerprint density at radius 3 is 2.87 bits per heavy atom. The highest BCUT2D eigenvalue weighted by Gasteiger charge is 2.09. The van der Waals surface area contributed by atoms with E-state index in [0.717, 1.165) is 0 Å². The largest absolute Gasteiger partial charge is 0.379 e. The molecule has 3 N–H and O–H groups in total. The summed E-state index contributed by atoms with van der Waals surface area (Å²) in [6.45, 7) is 1.80. The fourth-order valence-corrected chi connectivity index (χ4v) is 1.37. The summed E-state index contributed by atoms with van der Waals surface area (Å²) in [6.07, 6.45) is 0.205. The number of rotatable bonds is 4. The highest BCUT2D eigenvalue weighted by atomic mass is 35.5. The lowest BCUT2D eigenvalue weighted by atomic mass is 10.2. The molecule has 1 atom stereocenters. The molecule has 0 bridgehead atoms. The number of nitrogens with two attached hydrogens (primary N) is 1. The van der Waals surface area contributed by atoms with E-state index in [1.54, 1.807) is 6.92 Å². The van der Waals surface area contributed by atoms with Gasteiger partial charge in [-0.1, -0.05) is 23.2 Å². The molecule has 5 nitrogen and oxygen atoms in total. The molecule has 0 radical (unpaired) electrons. The van der Waals surface area contributed by atoms with E-state index in [1.807, 2.05) is 0 Å². The number of aromatic nitrogens is 2. The molecule has 0 aliphatic rings. The van der Waals surface area contributed by atoms with Crippen LogP contribution in [0.15, 0.2) is 6.07 Å². The highest BCUT2D eigenvalue weighted by Crippen LogP contribution is 2.21. The van der Waals surface area contributed by atoms with Gasteiger partial charge in [0.2, 0.25) is 5.91 Å². The van der Waals surface area contributed by atoms with Gasteiger partial charge in [0, 0.05) is 18.5 Å². The monoisotopic (exact) mass is 248 g/mol. The maximum atomic E-state index is 10.6. The average molecular weight is 249 g/mol. The van der Waals surface area contributed by atoms with Crippen LogP contribution in [0.1, 0.15) is 13.3 Å². The molecule has 1 heterocycles. The Hall–Kier alpha value is -1.07. The smallest absolute Gasteiger partial charge is 0.219 e. The molecular formula is C8H10Cl2N4O. The molecule has 0 saturated carbocycles. The Kier molecular flexibility index (Phi) is 4.11. The molecule has 1 amide bonds. The summed E-state index contributed by atoms with van der Waals surface area (Å²) in [5, 5.41) is 10.6. The number of carbonyl (C=O) groups excluding carboxylic acids is 1. The summed E-state index contributed by atoms with van der Waals surface area (Å²) >= 11 is 11.4. The molecule has 0 spiro atoms. The normalized spacial score (nSPS) is 12.2. The minimum atomic E-state index is -0.390. The van der Waals surface area contributed by atoms with Crippen LogP contribution in [0.3, 0.4) is 0 Å². The molecule has 1 rings (SSSR count). The minimum Gasteiger partial charge on any atom is -0.379 e. The first-order valence-corrected chi connectivity index (χ1v) is 4.98.